The Morgan fingerprint density at radius 2 is 2.05 bits per heavy atom. The summed E-state index contributed by atoms with van der Waals surface area (Å²) >= 11 is 0. The van der Waals surface area contributed by atoms with Crippen molar-refractivity contribution < 1.29 is 4.74 Å². The highest BCUT2D eigenvalue weighted by molar-refractivity contribution is 5.94. The van der Waals surface area contributed by atoms with Crippen LogP contribution < -0.4 is 16.0 Å². The topological polar surface area (TPSA) is 81.1 Å². The zero-order valence-electron chi connectivity index (χ0n) is 12.5. The number of nitrogen functional groups attached to an aromatic ring is 1. The van der Waals surface area contributed by atoms with Crippen molar-refractivity contribution in [2.75, 3.05) is 6.61 Å². The van der Waals surface area contributed by atoms with Gasteiger partial charge < -0.3 is 15.0 Å². The predicted molar refractivity (Wildman–Crippen MR) is 86.6 cm³/mol. The standard InChI is InChI=1S/C17H19N3O2/c1-2-22-15-6-4-3-5-12(15)14-10-9-13(16(18)19)17(21)20(14)11-7-8-11/h3-6,9-11H,2,7-8H2,1H3,(H3,18,19). The molecular weight excluding hydrogens is 278 g/mol. The zero-order valence-corrected chi connectivity index (χ0v) is 12.5. The van der Waals surface area contributed by atoms with E-state index in [1.807, 2.05) is 37.3 Å². The number of pyridine rings is 1. The maximum absolute atomic E-state index is 12.7. The number of benzene rings is 1. The van der Waals surface area contributed by atoms with Gasteiger partial charge in [0.2, 0.25) is 0 Å². The van der Waals surface area contributed by atoms with Crippen LogP contribution in [0.15, 0.2) is 41.2 Å². The van der Waals surface area contributed by atoms with Gasteiger partial charge in [-0.05, 0) is 44.0 Å². The fourth-order valence-corrected chi connectivity index (χ4v) is 2.63. The molecule has 0 atom stereocenters. The molecule has 0 bridgehead atoms. The van der Waals surface area contributed by atoms with Crippen LogP contribution in [0.5, 0.6) is 5.75 Å². The zero-order chi connectivity index (χ0) is 15.7. The fourth-order valence-electron chi connectivity index (χ4n) is 2.63. The molecule has 3 N–H and O–H groups in total. The Bertz CT molecular complexity index is 776. The van der Waals surface area contributed by atoms with Crippen LogP contribution in [0, 0.1) is 5.41 Å². The number of aromatic nitrogens is 1. The Kier molecular flexibility index (Phi) is 3.71. The van der Waals surface area contributed by atoms with Gasteiger partial charge in [-0.2, -0.15) is 0 Å². The van der Waals surface area contributed by atoms with Gasteiger partial charge in [-0.1, -0.05) is 12.1 Å². The second-order valence-corrected chi connectivity index (χ2v) is 5.38. The van der Waals surface area contributed by atoms with Crippen molar-refractivity contribution in [2.24, 2.45) is 5.73 Å². The molecule has 1 fully saturated rings. The SMILES string of the molecule is CCOc1ccccc1-c1ccc(C(=N)N)c(=O)n1C1CC1. The van der Waals surface area contributed by atoms with E-state index in [2.05, 4.69) is 0 Å². The van der Waals surface area contributed by atoms with E-state index in [-0.39, 0.29) is 23.0 Å². The molecule has 0 spiro atoms. The minimum atomic E-state index is -0.196. The Morgan fingerprint density at radius 1 is 1.32 bits per heavy atom. The molecule has 0 radical (unpaired) electrons. The molecule has 0 unspecified atom stereocenters. The van der Waals surface area contributed by atoms with Gasteiger partial charge in [0.15, 0.2) is 0 Å². The van der Waals surface area contributed by atoms with Crippen LogP contribution in [-0.4, -0.2) is 17.0 Å². The van der Waals surface area contributed by atoms with Gasteiger partial charge in [-0.15, -0.1) is 0 Å². The van der Waals surface area contributed by atoms with E-state index in [4.69, 9.17) is 15.9 Å². The summed E-state index contributed by atoms with van der Waals surface area (Å²) in [7, 11) is 0. The largest absolute Gasteiger partial charge is 0.493 e. The van der Waals surface area contributed by atoms with E-state index >= 15 is 0 Å². The third-order valence-corrected chi connectivity index (χ3v) is 3.78. The second kappa shape index (κ2) is 5.67. The van der Waals surface area contributed by atoms with E-state index in [0.29, 0.717) is 6.61 Å². The fraction of sp³-hybridized carbons (Fsp3) is 0.294. The summed E-state index contributed by atoms with van der Waals surface area (Å²) in [5.41, 5.74) is 7.29. The number of ether oxygens (including phenoxy) is 1. The lowest BCUT2D eigenvalue weighted by Gasteiger charge is -2.16. The molecule has 22 heavy (non-hydrogen) atoms. The molecule has 1 aromatic carbocycles. The third-order valence-electron chi connectivity index (χ3n) is 3.78. The molecule has 1 aliphatic rings. The molecule has 5 nitrogen and oxygen atoms in total. The van der Waals surface area contributed by atoms with Gasteiger partial charge in [0.1, 0.15) is 11.6 Å². The molecule has 0 saturated heterocycles. The molecular formula is C17H19N3O2. The smallest absolute Gasteiger partial charge is 0.262 e. The highest BCUT2D eigenvalue weighted by Crippen LogP contribution is 2.39. The van der Waals surface area contributed by atoms with Gasteiger partial charge in [0, 0.05) is 11.6 Å². The number of rotatable bonds is 5. The summed E-state index contributed by atoms with van der Waals surface area (Å²) < 4.78 is 7.44. The lowest BCUT2D eigenvalue weighted by Crippen LogP contribution is -2.30. The van der Waals surface area contributed by atoms with Crippen LogP contribution in [0.4, 0.5) is 0 Å². The van der Waals surface area contributed by atoms with Crippen molar-refractivity contribution in [3.05, 3.63) is 52.3 Å². The van der Waals surface area contributed by atoms with Crippen LogP contribution in [0.3, 0.4) is 0 Å². The summed E-state index contributed by atoms with van der Waals surface area (Å²) in [6.45, 7) is 2.50. The van der Waals surface area contributed by atoms with Gasteiger partial charge in [-0.3, -0.25) is 10.2 Å². The van der Waals surface area contributed by atoms with Crippen molar-refractivity contribution in [3.63, 3.8) is 0 Å². The van der Waals surface area contributed by atoms with Crippen molar-refractivity contribution in [1.29, 1.82) is 5.41 Å². The molecule has 1 heterocycles. The lowest BCUT2D eigenvalue weighted by atomic mass is 10.1. The van der Waals surface area contributed by atoms with Crippen LogP contribution in [0.1, 0.15) is 31.4 Å². The maximum Gasteiger partial charge on any atom is 0.262 e. The number of hydrogen-bond donors (Lipinski definition) is 2. The number of nitrogens with one attached hydrogen (secondary N) is 1. The summed E-state index contributed by atoms with van der Waals surface area (Å²) in [6, 6.07) is 11.4. The summed E-state index contributed by atoms with van der Waals surface area (Å²) in [5, 5.41) is 7.56. The normalized spacial score (nSPS) is 13.9. The minimum Gasteiger partial charge on any atom is -0.493 e. The molecule has 0 amide bonds. The van der Waals surface area contributed by atoms with Crippen LogP contribution in [-0.2, 0) is 0 Å². The van der Waals surface area contributed by atoms with E-state index in [1.165, 1.54) is 0 Å². The highest BCUT2D eigenvalue weighted by atomic mass is 16.5. The molecule has 2 aromatic rings. The first kappa shape index (κ1) is 14.4. The third kappa shape index (κ3) is 2.50. The molecule has 1 aromatic heterocycles. The lowest BCUT2D eigenvalue weighted by molar-refractivity contribution is 0.341. The molecule has 5 heteroatoms. The monoisotopic (exact) mass is 297 g/mol. The Hall–Kier alpha value is -2.56. The molecule has 0 aliphatic heterocycles. The average molecular weight is 297 g/mol. The minimum absolute atomic E-state index is 0.191. The van der Waals surface area contributed by atoms with E-state index in [0.717, 1.165) is 29.8 Å². The molecule has 1 aliphatic carbocycles. The predicted octanol–water partition coefficient (Wildman–Crippen LogP) is 2.53. The van der Waals surface area contributed by atoms with Gasteiger partial charge >= 0.3 is 0 Å². The average Bonchev–Trinajstić information content (AvgIpc) is 3.32. The number of hydrogen-bond acceptors (Lipinski definition) is 3. The Labute approximate surface area is 128 Å². The van der Waals surface area contributed by atoms with Crippen LogP contribution in [0.25, 0.3) is 11.3 Å². The van der Waals surface area contributed by atoms with Crippen LogP contribution in [0.2, 0.25) is 0 Å². The van der Waals surface area contributed by atoms with Gasteiger partial charge in [0.25, 0.3) is 5.56 Å². The quantitative estimate of drug-likeness (QED) is 0.657. The second-order valence-electron chi connectivity index (χ2n) is 5.38. The molecule has 3 rings (SSSR count). The summed E-state index contributed by atoms with van der Waals surface area (Å²) in [4.78, 5) is 12.7. The molecule has 114 valence electrons. The van der Waals surface area contributed by atoms with E-state index < -0.39 is 0 Å². The summed E-state index contributed by atoms with van der Waals surface area (Å²) in [6.07, 6.45) is 1.95. The van der Waals surface area contributed by atoms with Crippen molar-refractivity contribution in [1.82, 2.24) is 4.57 Å². The maximum atomic E-state index is 12.7. The van der Waals surface area contributed by atoms with E-state index in [1.54, 1.807) is 10.6 Å². The number of para-hydroxylation sites is 1. The number of nitrogens with two attached hydrogens (primary N) is 1. The Morgan fingerprint density at radius 3 is 2.68 bits per heavy atom. The number of nitrogens with zero attached hydrogens (tertiary/aromatic N) is 1. The van der Waals surface area contributed by atoms with Crippen molar-refractivity contribution in [2.45, 2.75) is 25.8 Å². The molecule has 1 saturated carbocycles. The van der Waals surface area contributed by atoms with Gasteiger partial charge in [-0.25, -0.2) is 0 Å². The first-order valence-electron chi connectivity index (χ1n) is 7.45. The van der Waals surface area contributed by atoms with Gasteiger partial charge in [0.05, 0.1) is 17.9 Å². The van der Waals surface area contributed by atoms with Crippen molar-refractivity contribution >= 4 is 5.84 Å². The number of amidine groups is 1. The Balaban J connectivity index is 2.22. The highest BCUT2D eigenvalue weighted by Gasteiger charge is 2.29. The first-order chi connectivity index (χ1) is 10.6. The first-order valence-corrected chi connectivity index (χ1v) is 7.45. The summed E-state index contributed by atoms with van der Waals surface area (Å²) in [5.74, 6) is 0.568. The van der Waals surface area contributed by atoms with Crippen LogP contribution >= 0.6 is 0 Å². The van der Waals surface area contributed by atoms with Crippen molar-refractivity contribution in [3.8, 4) is 17.0 Å². The van der Waals surface area contributed by atoms with E-state index in [9.17, 15) is 4.79 Å².